The van der Waals surface area contributed by atoms with Crippen molar-refractivity contribution < 1.29 is 9.13 Å². The van der Waals surface area contributed by atoms with Crippen LogP contribution < -0.4 is 5.32 Å². The molecule has 0 spiro atoms. The topological polar surface area (TPSA) is 36.9 Å². The summed E-state index contributed by atoms with van der Waals surface area (Å²) in [5.41, 5.74) is 1.00. The molecule has 136 valence electrons. The summed E-state index contributed by atoms with van der Waals surface area (Å²) in [6.45, 7) is 8.93. The van der Waals surface area contributed by atoms with Gasteiger partial charge >= 0.3 is 0 Å². The lowest BCUT2D eigenvalue weighted by atomic mass is 10.1. The third-order valence-electron chi connectivity index (χ3n) is 4.02. The van der Waals surface area contributed by atoms with Crippen molar-refractivity contribution in [2.45, 2.75) is 39.4 Å². The Balaban J connectivity index is 0.00000288. The van der Waals surface area contributed by atoms with E-state index in [1.54, 1.807) is 12.1 Å². The van der Waals surface area contributed by atoms with Crippen LogP contribution in [0.5, 0.6) is 0 Å². The Morgan fingerprint density at radius 2 is 2.00 bits per heavy atom. The van der Waals surface area contributed by atoms with Crippen LogP contribution in [0.25, 0.3) is 0 Å². The van der Waals surface area contributed by atoms with Crippen molar-refractivity contribution in [3.8, 4) is 0 Å². The number of hydrogen-bond acceptors (Lipinski definition) is 2. The van der Waals surface area contributed by atoms with Gasteiger partial charge < -0.3 is 15.0 Å². The van der Waals surface area contributed by atoms with Gasteiger partial charge in [0.15, 0.2) is 5.96 Å². The molecule has 4 nitrogen and oxygen atoms in total. The van der Waals surface area contributed by atoms with Crippen LogP contribution in [0, 0.1) is 11.7 Å². The van der Waals surface area contributed by atoms with E-state index in [-0.39, 0.29) is 42.0 Å². The Hall–Kier alpha value is -0.890. The lowest BCUT2D eigenvalue weighted by Gasteiger charge is -2.38. The fraction of sp³-hybridized carbons (Fsp3) is 0.611. The maximum absolute atomic E-state index is 13.1. The lowest BCUT2D eigenvalue weighted by molar-refractivity contribution is -0.0605. The Morgan fingerprint density at radius 1 is 1.33 bits per heavy atom. The smallest absolute Gasteiger partial charge is 0.193 e. The minimum atomic E-state index is -0.222. The van der Waals surface area contributed by atoms with Crippen molar-refractivity contribution in [1.82, 2.24) is 10.2 Å². The van der Waals surface area contributed by atoms with E-state index in [9.17, 15) is 4.39 Å². The first kappa shape index (κ1) is 21.2. The number of morpholine rings is 1. The van der Waals surface area contributed by atoms with Crippen LogP contribution in [0.1, 0.15) is 38.9 Å². The second kappa shape index (κ2) is 10.2. The van der Waals surface area contributed by atoms with E-state index in [1.165, 1.54) is 12.1 Å². The molecule has 1 aliphatic rings. The highest BCUT2D eigenvalue weighted by atomic mass is 127. The average Bonchev–Trinajstić information content (AvgIpc) is 2.51. The van der Waals surface area contributed by atoms with Gasteiger partial charge in [0.25, 0.3) is 0 Å². The zero-order valence-electron chi connectivity index (χ0n) is 15.0. The van der Waals surface area contributed by atoms with E-state index in [4.69, 9.17) is 4.74 Å². The maximum atomic E-state index is 13.1. The SMILES string of the molecule is CN=C(NCCC(C)C)N1CC(C)OC(c2ccc(F)cc2)C1.I. The highest BCUT2D eigenvalue weighted by Gasteiger charge is 2.28. The van der Waals surface area contributed by atoms with Gasteiger partial charge in [-0.05, 0) is 37.0 Å². The van der Waals surface area contributed by atoms with Crippen molar-refractivity contribution >= 4 is 29.9 Å². The molecule has 0 bridgehead atoms. The van der Waals surface area contributed by atoms with Crippen molar-refractivity contribution in [2.24, 2.45) is 10.9 Å². The first-order valence-corrected chi connectivity index (χ1v) is 8.36. The maximum Gasteiger partial charge on any atom is 0.193 e. The molecule has 1 N–H and O–H groups in total. The molecule has 1 heterocycles. The minimum Gasteiger partial charge on any atom is -0.367 e. The zero-order valence-corrected chi connectivity index (χ0v) is 17.3. The van der Waals surface area contributed by atoms with Gasteiger partial charge in [0.2, 0.25) is 0 Å². The van der Waals surface area contributed by atoms with E-state index in [2.05, 4.69) is 36.0 Å². The molecule has 1 aliphatic heterocycles. The van der Waals surface area contributed by atoms with Gasteiger partial charge in [-0.25, -0.2) is 4.39 Å². The zero-order chi connectivity index (χ0) is 16.8. The molecule has 2 atom stereocenters. The third kappa shape index (κ3) is 6.20. The van der Waals surface area contributed by atoms with Crippen molar-refractivity contribution in [2.75, 3.05) is 26.7 Å². The minimum absolute atomic E-state index is 0. The van der Waals surface area contributed by atoms with E-state index in [1.807, 2.05) is 7.05 Å². The second-order valence-corrected chi connectivity index (χ2v) is 6.55. The third-order valence-corrected chi connectivity index (χ3v) is 4.02. The standard InChI is InChI=1S/C18H28FN3O.HI/c1-13(2)9-10-21-18(20-4)22-11-14(3)23-17(12-22)15-5-7-16(19)8-6-15;/h5-8,13-14,17H,9-12H2,1-4H3,(H,20,21);1H. The predicted molar refractivity (Wildman–Crippen MR) is 107 cm³/mol. The molecule has 2 unspecified atom stereocenters. The Bertz CT molecular complexity index is 522. The largest absolute Gasteiger partial charge is 0.367 e. The highest BCUT2D eigenvalue weighted by molar-refractivity contribution is 14.0. The normalized spacial score (nSPS) is 21.6. The molecule has 0 amide bonds. The van der Waals surface area contributed by atoms with Crippen molar-refractivity contribution in [3.63, 3.8) is 0 Å². The summed E-state index contributed by atoms with van der Waals surface area (Å²) in [5, 5.41) is 3.43. The van der Waals surface area contributed by atoms with Gasteiger partial charge in [0, 0.05) is 20.1 Å². The Kier molecular flexibility index (Phi) is 8.97. The van der Waals surface area contributed by atoms with Crippen LogP contribution in [-0.2, 0) is 4.74 Å². The fourth-order valence-electron chi connectivity index (χ4n) is 2.79. The summed E-state index contributed by atoms with van der Waals surface area (Å²) in [7, 11) is 1.81. The van der Waals surface area contributed by atoms with Crippen LogP contribution in [0.3, 0.4) is 0 Å². The summed E-state index contributed by atoms with van der Waals surface area (Å²) in [5.74, 6) is 1.35. The first-order valence-electron chi connectivity index (χ1n) is 8.36. The summed E-state index contributed by atoms with van der Waals surface area (Å²) in [4.78, 5) is 6.63. The fourth-order valence-corrected chi connectivity index (χ4v) is 2.79. The summed E-state index contributed by atoms with van der Waals surface area (Å²) < 4.78 is 19.1. The number of guanidine groups is 1. The molecule has 6 heteroatoms. The summed E-state index contributed by atoms with van der Waals surface area (Å²) in [6.07, 6.45) is 1.14. The van der Waals surface area contributed by atoms with Crippen LogP contribution >= 0.6 is 24.0 Å². The van der Waals surface area contributed by atoms with E-state index in [0.29, 0.717) is 5.92 Å². The van der Waals surface area contributed by atoms with Gasteiger partial charge in [-0.2, -0.15) is 0 Å². The van der Waals surface area contributed by atoms with Crippen LogP contribution in [0.4, 0.5) is 4.39 Å². The molecule has 0 aliphatic carbocycles. The monoisotopic (exact) mass is 449 g/mol. The molecule has 0 aromatic heterocycles. The molecule has 0 radical (unpaired) electrons. The van der Waals surface area contributed by atoms with Crippen molar-refractivity contribution in [1.29, 1.82) is 0 Å². The van der Waals surface area contributed by atoms with Gasteiger partial charge in [-0.1, -0.05) is 26.0 Å². The molecule has 1 aromatic carbocycles. The molecule has 1 saturated heterocycles. The van der Waals surface area contributed by atoms with Crippen LogP contribution in [-0.4, -0.2) is 43.6 Å². The Morgan fingerprint density at radius 3 is 2.58 bits per heavy atom. The predicted octanol–water partition coefficient (Wildman–Crippen LogP) is 3.83. The number of rotatable bonds is 4. The summed E-state index contributed by atoms with van der Waals surface area (Å²) >= 11 is 0. The highest BCUT2D eigenvalue weighted by Crippen LogP contribution is 2.25. The molecular weight excluding hydrogens is 420 g/mol. The number of benzene rings is 1. The number of nitrogens with zero attached hydrogens (tertiary/aromatic N) is 2. The van der Waals surface area contributed by atoms with E-state index < -0.39 is 0 Å². The van der Waals surface area contributed by atoms with E-state index in [0.717, 1.165) is 37.6 Å². The molecule has 1 fully saturated rings. The number of nitrogens with one attached hydrogen (secondary N) is 1. The van der Waals surface area contributed by atoms with Gasteiger partial charge in [0.1, 0.15) is 11.9 Å². The summed E-state index contributed by atoms with van der Waals surface area (Å²) in [6, 6.07) is 6.56. The molecule has 1 aromatic rings. The molecule has 24 heavy (non-hydrogen) atoms. The molecule has 0 saturated carbocycles. The lowest BCUT2D eigenvalue weighted by Crippen LogP contribution is -2.50. The number of hydrogen-bond donors (Lipinski definition) is 1. The van der Waals surface area contributed by atoms with Gasteiger partial charge in [-0.3, -0.25) is 4.99 Å². The number of aliphatic imine (C=N–C) groups is 1. The number of ether oxygens (including phenoxy) is 1. The molecule has 2 rings (SSSR count). The average molecular weight is 449 g/mol. The van der Waals surface area contributed by atoms with Crippen LogP contribution in [0.2, 0.25) is 0 Å². The molecular formula is C18H29FIN3O. The van der Waals surface area contributed by atoms with Crippen LogP contribution in [0.15, 0.2) is 29.3 Å². The van der Waals surface area contributed by atoms with Gasteiger partial charge in [-0.15, -0.1) is 24.0 Å². The Labute approximate surface area is 161 Å². The van der Waals surface area contributed by atoms with E-state index >= 15 is 0 Å². The quantitative estimate of drug-likeness (QED) is 0.432. The van der Waals surface area contributed by atoms with Gasteiger partial charge in [0.05, 0.1) is 12.6 Å². The number of halogens is 2. The van der Waals surface area contributed by atoms with Crippen molar-refractivity contribution in [3.05, 3.63) is 35.6 Å². The first-order chi connectivity index (χ1) is 11.0. The second-order valence-electron chi connectivity index (χ2n) is 6.55.